The second-order valence-corrected chi connectivity index (χ2v) is 7.40. The number of rotatable bonds is 4. The van der Waals surface area contributed by atoms with Crippen LogP contribution in [0.5, 0.6) is 0 Å². The zero-order valence-electron chi connectivity index (χ0n) is 15.5. The molecule has 1 unspecified atom stereocenters. The van der Waals surface area contributed by atoms with Crippen molar-refractivity contribution in [2.75, 3.05) is 0 Å². The zero-order valence-corrected chi connectivity index (χ0v) is 15.5. The fourth-order valence-corrected chi connectivity index (χ4v) is 3.44. The minimum atomic E-state index is 0.405. The SMILES string of the molecule is CC(C)c1ccc2ncc(CC(C)c3ccc4cncnc4c3)cc2c1. The molecular weight excluding hydrogens is 318 g/mol. The van der Waals surface area contributed by atoms with Crippen molar-refractivity contribution in [1.82, 2.24) is 15.0 Å². The van der Waals surface area contributed by atoms with Gasteiger partial charge in [0.25, 0.3) is 0 Å². The number of hydrogen-bond acceptors (Lipinski definition) is 3. The van der Waals surface area contributed by atoms with E-state index in [1.807, 2.05) is 12.4 Å². The van der Waals surface area contributed by atoms with Gasteiger partial charge in [0, 0.05) is 23.2 Å². The summed E-state index contributed by atoms with van der Waals surface area (Å²) in [6.45, 7) is 6.71. The van der Waals surface area contributed by atoms with Crippen molar-refractivity contribution in [3.8, 4) is 0 Å². The van der Waals surface area contributed by atoms with Gasteiger partial charge >= 0.3 is 0 Å². The van der Waals surface area contributed by atoms with E-state index in [0.717, 1.165) is 22.8 Å². The Balaban J connectivity index is 1.62. The molecule has 0 N–H and O–H groups in total. The van der Waals surface area contributed by atoms with Crippen LogP contribution in [0, 0.1) is 0 Å². The van der Waals surface area contributed by atoms with E-state index in [2.05, 4.69) is 78.2 Å². The van der Waals surface area contributed by atoms with Gasteiger partial charge in [-0.3, -0.25) is 4.98 Å². The number of pyridine rings is 1. The monoisotopic (exact) mass is 341 g/mol. The van der Waals surface area contributed by atoms with Crippen LogP contribution in [0.25, 0.3) is 21.8 Å². The highest BCUT2D eigenvalue weighted by Gasteiger charge is 2.10. The van der Waals surface area contributed by atoms with Gasteiger partial charge in [0.1, 0.15) is 6.33 Å². The maximum absolute atomic E-state index is 4.66. The Labute approximate surface area is 154 Å². The fourth-order valence-electron chi connectivity index (χ4n) is 3.44. The summed E-state index contributed by atoms with van der Waals surface area (Å²) in [6.07, 6.45) is 6.44. The first-order valence-electron chi connectivity index (χ1n) is 9.18. The topological polar surface area (TPSA) is 38.7 Å². The number of benzene rings is 2. The summed E-state index contributed by atoms with van der Waals surface area (Å²) in [5, 5.41) is 2.31. The third kappa shape index (κ3) is 3.30. The fraction of sp³-hybridized carbons (Fsp3) is 0.261. The van der Waals surface area contributed by atoms with Gasteiger partial charge in [0.05, 0.1) is 11.0 Å². The lowest BCUT2D eigenvalue weighted by molar-refractivity contribution is 0.758. The average Bonchev–Trinajstić information content (AvgIpc) is 2.67. The minimum absolute atomic E-state index is 0.405. The van der Waals surface area contributed by atoms with E-state index in [4.69, 9.17) is 0 Å². The first kappa shape index (κ1) is 16.6. The minimum Gasteiger partial charge on any atom is -0.256 e. The highest BCUT2D eigenvalue weighted by molar-refractivity contribution is 5.80. The van der Waals surface area contributed by atoms with E-state index >= 15 is 0 Å². The molecule has 1 atom stereocenters. The Morgan fingerprint density at radius 3 is 2.46 bits per heavy atom. The summed E-state index contributed by atoms with van der Waals surface area (Å²) in [5.74, 6) is 0.934. The molecule has 0 fully saturated rings. The number of aromatic nitrogens is 3. The van der Waals surface area contributed by atoms with Crippen LogP contribution in [0.2, 0.25) is 0 Å². The molecule has 0 aliphatic heterocycles. The lowest BCUT2D eigenvalue weighted by Gasteiger charge is -2.13. The molecular formula is C23H23N3. The normalized spacial score (nSPS) is 12.8. The highest BCUT2D eigenvalue weighted by atomic mass is 14.8. The van der Waals surface area contributed by atoms with Crippen LogP contribution in [0.3, 0.4) is 0 Å². The molecule has 2 aromatic heterocycles. The number of hydrogen-bond donors (Lipinski definition) is 0. The molecule has 2 aromatic carbocycles. The Morgan fingerprint density at radius 1 is 0.769 bits per heavy atom. The summed E-state index contributed by atoms with van der Waals surface area (Å²) in [6, 6.07) is 15.3. The first-order valence-corrected chi connectivity index (χ1v) is 9.18. The molecule has 0 bridgehead atoms. The summed E-state index contributed by atoms with van der Waals surface area (Å²) < 4.78 is 0. The van der Waals surface area contributed by atoms with Crippen LogP contribution in [-0.4, -0.2) is 15.0 Å². The molecule has 0 saturated carbocycles. The molecule has 0 aliphatic carbocycles. The molecule has 130 valence electrons. The van der Waals surface area contributed by atoms with Crippen LogP contribution in [0.15, 0.2) is 61.2 Å². The van der Waals surface area contributed by atoms with Gasteiger partial charge in [-0.1, -0.05) is 39.0 Å². The van der Waals surface area contributed by atoms with Crippen molar-refractivity contribution in [2.45, 2.75) is 39.0 Å². The Bertz CT molecular complexity index is 1070. The van der Waals surface area contributed by atoms with Crippen molar-refractivity contribution in [2.24, 2.45) is 0 Å². The predicted molar refractivity (Wildman–Crippen MR) is 107 cm³/mol. The van der Waals surface area contributed by atoms with Crippen molar-refractivity contribution < 1.29 is 0 Å². The van der Waals surface area contributed by atoms with Gasteiger partial charge in [-0.15, -0.1) is 0 Å². The van der Waals surface area contributed by atoms with Crippen LogP contribution >= 0.6 is 0 Å². The molecule has 4 aromatic rings. The zero-order chi connectivity index (χ0) is 18.1. The van der Waals surface area contributed by atoms with Crippen molar-refractivity contribution in [3.05, 3.63) is 77.9 Å². The average molecular weight is 341 g/mol. The van der Waals surface area contributed by atoms with E-state index < -0.39 is 0 Å². The lowest BCUT2D eigenvalue weighted by Crippen LogP contribution is -2.00. The second-order valence-electron chi connectivity index (χ2n) is 7.40. The molecule has 0 aliphatic rings. The van der Waals surface area contributed by atoms with Gasteiger partial charge in [-0.05, 0) is 59.2 Å². The Hall–Kier alpha value is -2.81. The molecule has 3 heteroatoms. The van der Waals surface area contributed by atoms with Gasteiger partial charge in [-0.25, -0.2) is 9.97 Å². The van der Waals surface area contributed by atoms with Crippen LogP contribution in [0.1, 0.15) is 49.3 Å². The molecule has 0 radical (unpaired) electrons. The summed E-state index contributed by atoms with van der Waals surface area (Å²) >= 11 is 0. The van der Waals surface area contributed by atoms with Crippen LogP contribution < -0.4 is 0 Å². The second kappa shape index (κ2) is 6.83. The standard InChI is InChI=1S/C23H23N3/c1-15(2)18-6-7-22-21(10-18)9-17(12-25-22)8-16(3)19-4-5-20-13-24-14-26-23(20)11-19/h4-7,9-16H,8H2,1-3H3. The third-order valence-corrected chi connectivity index (χ3v) is 5.07. The molecule has 0 spiro atoms. The molecule has 4 rings (SSSR count). The van der Waals surface area contributed by atoms with Gasteiger partial charge in [-0.2, -0.15) is 0 Å². The first-order chi connectivity index (χ1) is 12.6. The third-order valence-electron chi connectivity index (χ3n) is 5.07. The van der Waals surface area contributed by atoms with Gasteiger partial charge in [0.2, 0.25) is 0 Å². The van der Waals surface area contributed by atoms with E-state index in [1.165, 1.54) is 22.1 Å². The largest absolute Gasteiger partial charge is 0.256 e. The van der Waals surface area contributed by atoms with Crippen molar-refractivity contribution in [3.63, 3.8) is 0 Å². The predicted octanol–water partition coefficient (Wildman–Crippen LogP) is 5.65. The Kier molecular flexibility index (Phi) is 4.37. The molecule has 3 nitrogen and oxygen atoms in total. The summed E-state index contributed by atoms with van der Waals surface area (Å²) in [5.41, 5.74) is 6.00. The molecule has 0 amide bonds. The highest BCUT2D eigenvalue weighted by Crippen LogP contribution is 2.26. The Morgan fingerprint density at radius 2 is 1.62 bits per heavy atom. The van der Waals surface area contributed by atoms with E-state index in [9.17, 15) is 0 Å². The van der Waals surface area contributed by atoms with Crippen LogP contribution in [0.4, 0.5) is 0 Å². The molecule has 0 saturated heterocycles. The molecule has 26 heavy (non-hydrogen) atoms. The van der Waals surface area contributed by atoms with Gasteiger partial charge < -0.3 is 0 Å². The quantitative estimate of drug-likeness (QED) is 0.481. The van der Waals surface area contributed by atoms with Crippen LogP contribution in [-0.2, 0) is 6.42 Å². The number of fused-ring (bicyclic) bond motifs is 2. The van der Waals surface area contributed by atoms with E-state index in [0.29, 0.717) is 11.8 Å². The van der Waals surface area contributed by atoms with E-state index in [1.54, 1.807) is 6.33 Å². The van der Waals surface area contributed by atoms with E-state index in [-0.39, 0.29) is 0 Å². The number of nitrogens with zero attached hydrogens (tertiary/aromatic N) is 3. The smallest absolute Gasteiger partial charge is 0.116 e. The van der Waals surface area contributed by atoms with Gasteiger partial charge in [0.15, 0.2) is 0 Å². The summed E-state index contributed by atoms with van der Waals surface area (Å²) in [4.78, 5) is 13.1. The maximum atomic E-state index is 4.66. The van der Waals surface area contributed by atoms with Crippen molar-refractivity contribution >= 4 is 21.8 Å². The summed E-state index contributed by atoms with van der Waals surface area (Å²) in [7, 11) is 0. The molecule has 2 heterocycles. The van der Waals surface area contributed by atoms with Crippen molar-refractivity contribution in [1.29, 1.82) is 0 Å². The lowest BCUT2D eigenvalue weighted by atomic mass is 9.93. The maximum Gasteiger partial charge on any atom is 0.116 e.